The zero-order valence-electron chi connectivity index (χ0n) is 9.59. The molecule has 2 rings (SSSR count). The van der Waals surface area contributed by atoms with E-state index in [-0.39, 0.29) is 0 Å². The first-order valence-corrected chi connectivity index (χ1v) is 5.46. The first kappa shape index (κ1) is 11.3. The molecule has 0 fully saturated rings. The molecule has 1 N–H and O–H groups in total. The van der Waals surface area contributed by atoms with Crippen molar-refractivity contribution in [2.75, 3.05) is 6.54 Å². The number of rotatable bonds is 4. The fourth-order valence-corrected chi connectivity index (χ4v) is 1.42. The number of benzene rings is 1. The van der Waals surface area contributed by atoms with Gasteiger partial charge in [-0.2, -0.15) is 20.3 Å². The van der Waals surface area contributed by atoms with Gasteiger partial charge in [0.2, 0.25) is 0 Å². The van der Waals surface area contributed by atoms with Crippen molar-refractivity contribution < 1.29 is 0 Å². The summed E-state index contributed by atoms with van der Waals surface area (Å²) >= 11 is 0. The van der Waals surface area contributed by atoms with Gasteiger partial charge < -0.3 is 5.32 Å². The third kappa shape index (κ3) is 2.68. The fraction of sp³-hybridized carbons (Fsp3) is 0.250. The zero-order chi connectivity index (χ0) is 12.1. The van der Waals surface area contributed by atoms with Gasteiger partial charge in [0.05, 0.1) is 29.2 Å². The summed E-state index contributed by atoms with van der Waals surface area (Å²) in [6.07, 6.45) is 1.74. The van der Waals surface area contributed by atoms with E-state index in [2.05, 4.69) is 21.6 Å². The fourth-order valence-electron chi connectivity index (χ4n) is 1.42. The van der Waals surface area contributed by atoms with Crippen molar-refractivity contribution in [1.82, 2.24) is 20.3 Å². The first-order valence-electron chi connectivity index (χ1n) is 5.46. The van der Waals surface area contributed by atoms with Crippen molar-refractivity contribution >= 4 is 0 Å². The highest BCUT2D eigenvalue weighted by Crippen LogP contribution is 2.07. The van der Waals surface area contributed by atoms with Crippen LogP contribution < -0.4 is 5.32 Å². The van der Waals surface area contributed by atoms with Crippen LogP contribution in [0.25, 0.3) is 5.69 Å². The standard InChI is InChI=1S/C12H13N5/c1-2-14-8-11-9-15-17(16-11)12-5-3-10(7-13)4-6-12/h3-6,9,14H,2,8H2,1H3. The van der Waals surface area contributed by atoms with E-state index in [9.17, 15) is 0 Å². The van der Waals surface area contributed by atoms with E-state index in [0.29, 0.717) is 12.1 Å². The molecule has 0 atom stereocenters. The highest BCUT2D eigenvalue weighted by molar-refractivity contribution is 5.37. The van der Waals surface area contributed by atoms with Crippen molar-refractivity contribution in [2.45, 2.75) is 13.5 Å². The Labute approximate surface area is 99.7 Å². The lowest BCUT2D eigenvalue weighted by Gasteiger charge is -1.99. The average Bonchev–Trinajstić information content (AvgIpc) is 2.85. The second-order valence-electron chi connectivity index (χ2n) is 3.56. The second kappa shape index (κ2) is 5.23. The van der Waals surface area contributed by atoms with E-state index < -0.39 is 0 Å². The number of aromatic nitrogens is 3. The predicted octanol–water partition coefficient (Wildman–Crippen LogP) is 1.25. The Balaban J connectivity index is 2.16. The molecule has 1 heterocycles. The molecule has 5 nitrogen and oxygen atoms in total. The van der Waals surface area contributed by atoms with E-state index in [1.165, 1.54) is 0 Å². The molecule has 0 bridgehead atoms. The Bertz CT molecular complexity index is 521. The molecule has 5 heteroatoms. The van der Waals surface area contributed by atoms with Gasteiger partial charge in [-0.25, -0.2) is 0 Å². The van der Waals surface area contributed by atoms with Crippen LogP contribution in [0.3, 0.4) is 0 Å². The first-order chi connectivity index (χ1) is 8.33. The molecule has 17 heavy (non-hydrogen) atoms. The summed E-state index contributed by atoms with van der Waals surface area (Å²) < 4.78 is 0. The SMILES string of the molecule is CCNCc1cnn(-c2ccc(C#N)cc2)n1. The largest absolute Gasteiger partial charge is 0.311 e. The van der Waals surface area contributed by atoms with E-state index in [1.807, 2.05) is 19.1 Å². The molecule has 2 aromatic rings. The Kier molecular flexibility index (Phi) is 3.48. The highest BCUT2D eigenvalue weighted by Gasteiger charge is 2.02. The lowest BCUT2D eigenvalue weighted by atomic mass is 10.2. The molecule has 0 spiro atoms. The third-order valence-corrected chi connectivity index (χ3v) is 2.32. The lowest BCUT2D eigenvalue weighted by molar-refractivity contribution is 0.684. The number of nitriles is 1. The van der Waals surface area contributed by atoms with Crippen molar-refractivity contribution in [2.24, 2.45) is 0 Å². The maximum absolute atomic E-state index is 8.70. The number of nitrogens with zero attached hydrogens (tertiary/aromatic N) is 4. The summed E-state index contributed by atoms with van der Waals surface area (Å²) in [5.41, 5.74) is 2.39. The van der Waals surface area contributed by atoms with Gasteiger partial charge in [0.25, 0.3) is 0 Å². The van der Waals surface area contributed by atoms with Crippen LogP contribution in [0.2, 0.25) is 0 Å². The smallest absolute Gasteiger partial charge is 0.0991 e. The van der Waals surface area contributed by atoms with Crippen LogP contribution in [0.5, 0.6) is 0 Å². The van der Waals surface area contributed by atoms with Gasteiger partial charge in [-0.15, -0.1) is 0 Å². The second-order valence-corrected chi connectivity index (χ2v) is 3.56. The molecule has 86 valence electrons. The molecule has 0 unspecified atom stereocenters. The minimum absolute atomic E-state index is 0.633. The molecule has 1 aromatic heterocycles. The Hall–Kier alpha value is -2.19. The van der Waals surface area contributed by atoms with Crippen LogP contribution in [0.4, 0.5) is 0 Å². The van der Waals surface area contributed by atoms with Gasteiger partial charge in [0, 0.05) is 6.54 Å². The van der Waals surface area contributed by atoms with Gasteiger partial charge >= 0.3 is 0 Å². The topological polar surface area (TPSA) is 66.5 Å². The molecule has 0 aliphatic rings. The lowest BCUT2D eigenvalue weighted by Crippen LogP contribution is -2.12. The van der Waals surface area contributed by atoms with Crippen LogP contribution >= 0.6 is 0 Å². The molecular weight excluding hydrogens is 214 g/mol. The molecule has 0 radical (unpaired) electrons. The van der Waals surface area contributed by atoms with Crippen LogP contribution in [0, 0.1) is 11.3 Å². The Morgan fingerprint density at radius 1 is 1.35 bits per heavy atom. The maximum atomic E-state index is 8.70. The number of hydrogen-bond donors (Lipinski definition) is 1. The normalized spacial score (nSPS) is 10.1. The summed E-state index contributed by atoms with van der Waals surface area (Å²) in [5.74, 6) is 0. The van der Waals surface area contributed by atoms with E-state index in [4.69, 9.17) is 5.26 Å². The van der Waals surface area contributed by atoms with Gasteiger partial charge in [-0.05, 0) is 30.8 Å². The van der Waals surface area contributed by atoms with Gasteiger partial charge in [-0.1, -0.05) is 6.92 Å². The molecule has 1 aromatic carbocycles. The summed E-state index contributed by atoms with van der Waals surface area (Å²) in [6, 6.07) is 9.24. The molecule has 0 saturated carbocycles. The Morgan fingerprint density at radius 2 is 2.12 bits per heavy atom. The van der Waals surface area contributed by atoms with Crippen LogP contribution in [-0.4, -0.2) is 21.5 Å². The summed E-state index contributed by atoms with van der Waals surface area (Å²) in [4.78, 5) is 1.56. The van der Waals surface area contributed by atoms with Crippen molar-refractivity contribution in [3.05, 3.63) is 41.7 Å². The van der Waals surface area contributed by atoms with Crippen LogP contribution in [0.1, 0.15) is 18.2 Å². The van der Waals surface area contributed by atoms with E-state index in [0.717, 1.165) is 17.9 Å². The summed E-state index contributed by atoms with van der Waals surface area (Å²) in [7, 11) is 0. The van der Waals surface area contributed by atoms with Crippen molar-refractivity contribution in [1.29, 1.82) is 5.26 Å². The maximum Gasteiger partial charge on any atom is 0.0991 e. The van der Waals surface area contributed by atoms with Crippen molar-refractivity contribution in [3.8, 4) is 11.8 Å². The van der Waals surface area contributed by atoms with E-state index >= 15 is 0 Å². The molecule has 0 amide bonds. The molecule has 0 saturated heterocycles. The quantitative estimate of drug-likeness (QED) is 0.853. The summed E-state index contributed by atoms with van der Waals surface area (Å²) in [5, 5.41) is 20.4. The monoisotopic (exact) mass is 227 g/mol. The minimum Gasteiger partial charge on any atom is -0.311 e. The summed E-state index contributed by atoms with van der Waals surface area (Å²) in [6.45, 7) is 3.67. The molecule has 0 aliphatic carbocycles. The van der Waals surface area contributed by atoms with E-state index in [1.54, 1.807) is 23.1 Å². The zero-order valence-corrected chi connectivity index (χ0v) is 9.59. The third-order valence-electron chi connectivity index (χ3n) is 2.32. The Morgan fingerprint density at radius 3 is 2.76 bits per heavy atom. The van der Waals surface area contributed by atoms with Crippen LogP contribution in [-0.2, 0) is 6.54 Å². The number of nitrogens with one attached hydrogen (secondary N) is 1. The number of hydrogen-bond acceptors (Lipinski definition) is 4. The highest BCUT2D eigenvalue weighted by atomic mass is 15.5. The molecule has 0 aliphatic heterocycles. The van der Waals surface area contributed by atoms with Gasteiger partial charge in [-0.3, -0.25) is 0 Å². The van der Waals surface area contributed by atoms with Gasteiger partial charge in [0.15, 0.2) is 0 Å². The predicted molar refractivity (Wildman–Crippen MR) is 63.5 cm³/mol. The van der Waals surface area contributed by atoms with Crippen LogP contribution in [0.15, 0.2) is 30.5 Å². The van der Waals surface area contributed by atoms with Crippen molar-refractivity contribution in [3.63, 3.8) is 0 Å². The average molecular weight is 227 g/mol. The minimum atomic E-state index is 0.633. The van der Waals surface area contributed by atoms with Gasteiger partial charge in [0.1, 0.15) is 0 Å². The molecular formula is C12H13N5.